The van der Waals surface area contributed by atoms with Gasteiger partial charge in [-0.15, -0.1) is 0 Å². The van der Waals surface area contributed by atoms with Crippen LogP contribution in [0.5, 0.6) is 0 Å². The smallest absolute Gasteiger partial charge is 0.340 e. The number of sulfonamides is 1. The highest BCUT2D eigenvalue weighted by atomic mass is 32.2. The molecule has 2 heterocycles. The molecule has 3 aromatic rings. The molecule has 3 N–H and O–H groups in total. The number of primary sulfonamides is 1. The number of nitrogens with zero attached hydrogens (tertiary/aromatic N) is 3. The van der Waals surface area contributed by atoms with Crippen molar-refractivity contribution in [1.82, 2.24) is 14.5 Å². The predicted octanol–water partition coefficient (Wildman–Crippen LogP) is 4.02. The van der Waals surface area contributed by atoms with E-state index in [2.05, 4.69) is 15.3 Å². The van der Waals surface area contributed by atoms with Crippen molar-refractivity contribution < 1.29 is 21.6 Å². The van der Waals surface area contributed by atoms with E-state index in [1.54, 1.807) is 29.9 Å². The third kappa shape index (κ3) is 4.46. The van der Waals surface area contributed by atoms with Crippen LogP contribution in [0.2, 0.25) is 0 Å². The highest BCUT2D eigenvalue weighted by Crippen LogP contribution is 2.39. The summed E-state index contributed by atoms with van der Waals surface area (Å²) in [6.45, 7) is 3.63. The van der Waals surface area contributed by atoms with Crippen molar-refractivity contribution in [3.05, 3.63) is 54.1 Å². The minimum Gasteiger partial charge on any atom is -0.340 e. The first kappa shape index (κ1) is 21.8. The highest BCUT2D eigenvalue weighted by Gasteiger charge is 2.31. The van der Waals surface area contributed by atoms with Crippen LogP contribution < -0.4 is 10.5 Å². The maximum absolute atomic E-state index is 13.1. The molecule has 11 heteroatoms. The van der Waals surface area contributed by atoms with E-state index < -0.39 is 21.8 Å². The summed E-state index contributed by atoms with van der Waals surface area (Å²) in [5.41, 5.74) is 0.279. The number of aryl methyl sites for hydroxylation is 1. The van der Waals surface area contributed by atoms with Gasteiger partial charge in [-0.1, -0.05) is 19.9 Å². The van der Waals surface area contributed by atoms with Gasteiger partial charge in [0, 0.05) is 25.0 Å². The zero-order valence-electron chi connectivity index (χ0n) is 16.4. The molecule has 0 saturated carbocycles. The van der Waals surface area contributed by atoms with E-state index in [1.807, 2.05) is 13.8 Å². The van der Waals surface area contributed by atoms with E-state index in [4.69, 9.17) is 5.14 Å². The normalized spacial score (nSPS) is 12.4. The van der Waals surface area contributed by atoms with Crippen molar-refractivity contribution in [2.24, 2.45) is 12.2 Å². The van der Waals surface area contributed by atoms with Crippen LogP contribution >= 0.6 is 0 Å². The molecule has 0 bridgehead atoms. The number of hydrogen-bond donors (Lipinski definition) is 2. The Morgan fingerprint density at radius 2 is 1.87 bits per heavy atom. The SMILES string of the molecule is CC(C)c1ccc(Nc2cc(C(F)(F)F)ccn2)c(-c2cn(C)cn2)c1S(N)(=O)=O. The predicted molar refractivity (Wildman–Crippen MR) is 107 cm³/mol. The number of alkyl halides is 3. The Bertz CT molecular complexity index is 1190. The first-order chi connectivity index (χ1) is 13.9. The maximum atomic E-state index is 13.1. The van der Waals surface area contributed by atoms with Gasteiger partial charge >= 0.3 is 6.18 Å². The molecule has 0 atom stereocenters. The first-order valence-electron chi connectivity index (χ1n) is 8.86. The lowest BCUT2D eigenvalue weighted by Gasteiger charge is -2.19. The second-order valence-electron chi connectivity index (χ2n) is 7.08. The second-order valence-corrected chi connectivity index (χ2v) is 8.58. The number of anilines is 2. The molecular weight excluding hydrogens is 419 g/mol. The average Bonchev–Trinajstić information content (AvgIpc) is 3.06. The third-order valence-electron chi connectivity index (χ3n) is 4.41. The van der Waals surface area contributed by atoms with Crippen LogP contribution in [-0.4, -0.2) is 23.0 Å². The number of nitrogens with one attached hydrogen (secondary N) is 1. The minimum absolute atomic E-state index is 0.0975. The van der Waals surface area contributed by atoms with E-state index in [9.17, 15) is 21.6 Å². The third-order valence-corrected chi connectivity index (χ3v) is 5.41. The molecule has 0 aliphatic rings. The fraction of sp³-hybridized carbons (Fsp3) is 0.263. The lowest BCUT2D eigenvalue weighted by molar-refractivity contribution is -0.137. The summed E-state index contributed by atoms with van der Waals surface area (Å²) in [5, 5.41) is 8.32. The summed E-state index contributed by atoms with van der Waals surface area (Å²) in [5.74, 6) is -0.277. The van der Waals surface area contributed by atoms with Crippen molar-refractivity contribution in [1.29, 1.82) is 0 Å². The van der Waals surface area contributed by atoms with Crippen LogP contribution in [0.15, 0.2) is 47.9 Å². The number of halogens is 3. The Morgan fingerprint density at radius 1 is 1.17 bits per heavy atom. The van der Waals surface area contributed by atoms with Gasteiger partial charge < -0.3 is 9.88 Å². The Morgan fingerprint density at radius 3 is 2.40 bits per heavy atom. The fourth-order valence-electron chi connectivity index (χ4n) is 3.07. The molecule has 0 radical (unpaired) electrons. The lowest BCUT2D eigenvalue weighted by Crippen LogP contribution is -2.17. The van der Waals surface area contributed by atoms with Gasteiger partial charge in [-0.05, 0) is 29.7 Å². The van der Waals surface area contributed by atoms with Crippen molar-refractivity contribution in [3.8, 4) is 11.3 Å². The number of aromatic nitrogens is 3. The Kier molecular flexibility index (Phi) is 5.61. The molecule has 7 nitrogen and oxygen atoms in total. The molecule has 0 spiro atoms. The van der Waals surface area contributed by atoms with Crippen LogP contribution in [0.3, 0.4) is 0 Å². The largest absolute Gasteiger partial charge is 0.416 e. The van der Waals surface area contributed by atoms with Gasteiger partial charge in [0.25, 0.3) is 0 Å². The number of pyridine rings is 1. The molecule has 3 rings (SSSR count). The Hall–Kier alpha value is -2.92. The first-order valence-corrected chi connectivity index (χ1v) is 10.4. The summed E-state index contributed by atoms with van der Waals surface area (Å²) in [4.78, 5) is 8.01. The zero-order chi connectivity index (χ0) is 22.3. The van der Waals surface area contributed by atoms with E-state index in [1.165, 1.54) is 6.33 Å². The van der Waals surface area contributed by atoms with Gasteiger partial charge in [-0.3, -0.25) is 0 Å². The van der Waals surface area contributed by atoms with Crippen LogP contribution in [-0.2, 0) is 23.2 Å². The summed E-state index contributed by atoms with van der Waals surface area (Å²) >= 11 is 0. The Labute approximate surface area is 171 Å². The minimum atomic E-state index is -4.55. The van der Waals surface area contributed by atoms with Crippen molar-refractivity contribution in [3.63, 3.8) is 0 Å². The van der Waals surface area contributed by atoms with Crippen molar-refractivity contribution in [2.45, 2.75) is 30.8 Å². The molecule has 0 fully saturated rings. The summed E-state index contributed by atoms with van der Waals surface area (Å²) < 4.78 is 65.8. The average molecular weight is 439 g/mol. The number of rotatable bonds is 5. The number of nitrogens with two attached hydrogens (primary N) is 1. The summed E-state index contributed by atoms with van der Waals surface area (Å²) in [7, 11) is -2.47. The molecule has 160 valence electrons. The van der Waals surface area contributed by atoms with Crippen LogP contribution in [0.1, 0.15) is 30.9 Å². The van der Waals surface area contributed by atoms with E-state index in [-0.39, 0.29) is 27.9 Å². The molecule has 0 aliphatic heterocycles. The van der Waals surface area contributed by atoms with Crippen molar-refractivity contribution in [2.75, 3.05) is 5.32 Å². The highest BCUT2D eigenvalue weighted by molar-refractivity contribution is 7.89. The molecular formula is C19H20F3N5O2S. The van der Waals surface area contributed by atoms with Gasteiger partial charge in [0.1, 0.15) is 5.82 Å². The standard InChI is InChI=1S/C19H20F3N5O2S/c1-11(2)13-4-5-14(26-16-8-12(6-7-24-16)19(20,21)22)17(18(13)30(23,28)29)15-9-27(3)10-25-15/h4-11H,1-3H3,(H,24,26)(H2,23,28,29). The molecule has 30 heavy (non-hydrogen) atoms. The summed E-state index contributed by atoms with van der Waals surface area (Å²) in [6.07, 6.45) is -0.444. The van der Waals surface area contributed by atoms with Crippen LogP contribution in [0.25, 0.3) is 11.3 Å². The second kappa shape index (κ2) is 7.73. The topological polar surface area (TPSA) is 103 Å². The van der Waals surface area contributed by atoms with Crippen LogP contribution in [0, 0.1) is 0 Å². The maximum Gasteiger partial charge on any atom is 0.416 e. The zero-order valence-corrected chi connectivity index (χ0v) is 17.2. The molecule has 0 unspecified atom stereocenters. The number of imidazole rings is 1. The van der Waals surface area contributed by atoms with Gasteiger partial charge in [0.2, 0.25) is 10.0 Å². The Balaban J connectivity index is 2.25. The number of benzene rings is 1. The quantitative estimate of drug-likeness (QED) is 0.625. The van der Waals surface area contributed by atoms with Gasteiger partial charge in [-0.25, -0.2) is 23.5 Å². The molecule has 1 aromatic carbocycles. The van der Waals surface area contributed by atoms with Gasteiger partial charge in [0.15, 0.2) is 0 Å². The van der Waals surface area contributed by atoms with E-state index in [0.717, 1.165) is 18.3 Å². The van der Waals surface area contributed by atoms with Crippen LogP contribution in [0.4, 0.5) is 24.7 Å². The molecule has 0 saturated heterocycles. The van der Waals surface area contributed by atoms with Crippen molar-refractivity contribution >= 4 is 21.5 Å². The molecule has 2 aromatic heterocycles. The van der Waals surface area contributed by atoms with E-state index >= 15 is 0 Å². The van der Waals surface area contributed by atoms with Gasteiger partial charge in [-0.2, -0.15) is 13.2 Å². The van der Waals surface area contributed by atoms with E-state index in [0.29, 0.717) is 11.3 Å². The van der Waals surface area contributed by atoms with Gasteiger partial charge in [0.05, 0.1) is 28.2 Å². The molecule has 0 amide bonds. The molecule has 0 aliphatic carbocycles. The lowest BCUT2D eigenvalue weighted by atomic mass is 9.98. The summed E-state index contributed by atoms with van der Waals surface area (Å²) in [6, 6.07) is 4.85. The number of hydrogen-bond acceptors (Lipinski definition) is 5. The monoisotopic (exact) mass is 439 g/mol. The fourth-order valence-corrected chi connectivity index (χ4v) is 4.20.